The lowest BCUT2D eigenvalue weighted by molar-refractivity contribution is -0.144. The molecule has 0 saturated heterocycles. The maximum Gasteiger partial charge on any atom is 0.338 e. The third kappa shape index (κ3) is 6.59. The molecule has 0 aromatic heterocycles. The van der Waals surface area contributed by atoms with Crippen LogP contribution in [0.3, 0.4) is 0 Å². The van der Waals surface area contributed by atoms with Crippen molar-refractivity contribution in [2.45, 2.75) is 39.3 Å². The van der Waals surface area contributed by atoms with Crippen LogP contribution in [0.15, 0.2) is 77.8 Å². The molecule has 3 rings (SSSR count). The Morgan fingerprint density at radius 2 is 1.34 bits per heavy atom. The molecule has 0 N–H and O–H groups in total. The molecule has 0 aliphatic rings. The normalized spacial score (nSPS) is 11.9. The van der Waals surface area contributed by atoms with E-state index in [1.54, 1.807) is 76.2 Å². The SMILES string of the molecule is CCOC(=O)C(N=C(c1ccccc1)c1ccccc1)c1c(F)cc(C(=O)OC(C)(C)C)cc1F. The van der Waals surface area contributed by atoms with Crippen LogP contribution in [-0.2, 0) is 14.3 Å². The molecule has 0 amide bonds. The maximum atomic E-state index is 15.3. The molecule has 1 unspecified atom stereocenters. The van der Waals surface area contributed by atoms with Crippen LogP contribution in [0.4, 0.5) is 8.78 Å². The largest absolute Gasteiger partial charge is 0.464 e. The second kappa shape index (κ2) is 11.0. The van der Waals surface area contributed by atoms with Crippen molar-refractivity contribution in [2.24, 2.45) is 4.99 Å². The van der Waals surface area contributed by atoms with Gasteiger partial charge in [-0.05, 0) is 39.8 Å². The molecule has 0 fully saturated rings. The fraction of sp³-hybridized carbons (Fsp3) is 0.250. The van der Waals surface area contributed by atoms with Crippen LogP contribution in [0.5, 0.6) is 0 Å². The number of aliphatic imine (C=N–C) groups is 1. The number of esters is 2. The summed E-state index contributed by atoms with van der Waals surface area (Å²) in [6.07, 6.45) is 0. The number of halogens is 2. The van der Waals surface area contributed by atoms with E-state index in [0.717, 1.165) is 12.1 Å². The summed E-state index contributed by atoms with van der Waals surface area (Å²) < 4.78 is 40.9. The Morgan fingerprint density at radius 3 is 1.77 bits per heavy atom. The highest BCUT2D eigenvalue weighted by Crippen LogP contribution is 2.29. The molecule has 7 heteroatoms. The molecule has 1 atom stereocenters. The highest BCUT2D eigenvalue weighted by molar-refractivity contribution is 6.13. The monoisotopic (exact) mass is 479 g/mol. The van der Waals surface area contributed by atoms with Gasteiger partial charge >= 0.3 is 11.9 Å². The van der Waals surface area contributed by atoms with E-state index in [1.165, 1.54) is 0 Å². The van der Waals surface area contributed by atoms with E-state index >= 15 is 8.78 Å². The van der Waals surface area contributed by atoms with Crippen LogP contribution in [0.25, 0.3) is 0 Å². The van der Waals surface area contributed by atoms with Gasteiger partial charge in [-0.3, -0.25) is 4.99 Å². The van der Waals surface area contributed by atoms with Gasteiger partial charge < -0.3 is 9.47 Å². The third-order valence-electron chi connectivity index (χ3n) is 4.85. The second-order valence-electron chi connectivity index (χ2n) is 8.72. The van der Waals surface area contributed by atoms with Crippen molar-refractivity contribution in [1.82, 2.24) is 0 Å². The van der Waals surface area contributed by atoms with Crippen molar-refractivity contribution in [3.05, 3.63) is 107 Å². The van der Waals surface area contributed by atoms with Crippen LogP contribution in [-0.4, -0.2) is 29.9 Å². The smallest absolute Gasteiger partial charge is 0.338 e. The Kier molecular flexibility index (Phi) is 8.12. The number of nitrogens with zero attached hydrogens (tertiary/aromatic N) is 1. The van der Waals surface area contributed by atoms with E-state index in [9.17, 15) is 9.59 Å². The number of carbonyl (C=O) groups excluding carboxylic acids is 2. The molecule has 35 heavy (non-hydrogen) atoms. The molecule has 5 nitrogen and oxygen atoms in total. The van der Waals surface area contributed by atoms with Crippen molar-refractivity contribution in [2.75, 3.05) is 6.61 Å². The number of hydrogen-bond acceptors (Lipinski definition) is 5. The van der Waals surface area contributed by atoms with E-state index in [-0.39, 0.29) is 12.2 Å². The zero-order valence-electron chi connectivity index (χ0n) is 20.0. The predicted octanol–water partition coefficient (Wildman–Crippen LogP) is 6.06. The summed E-state index contributed by atoms with van der Waals surface area (Å²) in [5, 5.41) is 0. The quantitative estimate of drug-likeness (QED) is 0.305. The van der Waals surface area contributed by atoms with E-state index in [2.05, 4.69) is 4.99 Å². The molecule has 3 aromatic rings. The van der Waals surface area contributed by atoms with Crippen LogP contribution < -0.4 is 0 Å². The minimum absolute atomic E-state index is 0.00388. The molecule has 0 aliphatic heterocycles. The van der Waals surface area contributed by atoms with Crippen molar-refractivity contribution in [3.8, 4) is 0 Å². The third-order valence-corrected chi connectivity index (χ3v) is 4.85. The molecule has 0 aliphatic carbocycles. The number of carbonyl (C=O) groups is 2. The minimum atomic E-state index is -1.64. The fourth-order valence-corrected chi connectivity index (χ4v) is 3.39. The lowest BCUT2D eigenvalue weighted by Gasteiger charge is -2.20. The number of rotatable bonds is 7. The Bertz CT molecular complexity index is 1150. The van der Waals surface area contributed by atoms with E-state index < -0.39 is 40.8 Å². The predicted molar refractivity (Wildman–Crippen MR) is 129 cm³/mol. The number of benzene rings is 3. The summed E-state index contributed by atoms with van der Waals surface area (Å²) in [4.78, 5) is 29.8. The number of hydrogen-bond donors (Lipinski definition) is 0. The summed E-state index contributed by atoms with van der Waals surface area (Å²) in [7, 11) is 0. The van der Waals surface area contributed by atoms with Crippen LogP contribution >= 0.6 is 0 Å². The first-order valence-electron chi connectivity index (χ1n) is 11.2. The fourth-order valence-electron chi connectivity index (χ4n) is 3.39. The first-order chi connectivity index (χ1) is 16.6. The Balaban J connectivity index is 2.17. The van der Waals surface area contributed by atoms with Crippen LogP contribution in [0.1, 0.15) is 60.8 Å². The molecular formula is C28H27F2NO4. The zero-order chi connectivity index (χ0) is 25.6. The van der Waals surface area contributed by atoms with Crippen LogP contribution in [0, 0.1) is 11.6 Å². The summed E-state index contributed by atoms with van der Waals surface area (Å²) in [5.74, 6) is -4.01. The molecule has 3 aromatic carbocycles. The molecule has 0 radical (unpaired) electrons. The van der Waals surface area contributed by atoms with Crippen molar-refractivity contribution < 1.29 is 27.8 Å². The minimum Gasteiger partial charge on any atom is -0.464 e. The van der Waals surface area contributed by atoms with Gasteiger partial charge in [0.05, 0.1) is 23.4 Å². The number of ether oxygens (including phenoxy) is 2. The molecule has 0 heterocycles. The second-order valence-corrected chi connectivity index (χ2v) is 8.72. The van der Waals surface area contributed by atoms with Gasteiger partial charge in [0.2, 0.25) is 0 Å². The van der Waals surface area contributed by atoms with Crippen molar-refractivity contribution in [3.63, 3.8) is 0 Å². The Morgan fingerprint density at radius 1 is 0.857 bits per heavy atom. The summed E-state index contributed by atoms with van der Waals surface area (Å²) in [6, 6.07) is 18.0. The lowest BCUT2D eigenvalue weighted by Crippen LogP contribution is -2.24. The molecule has 0 spiro atoms. The molecule has 0 bridgehead atoms. The average Bonchev–Trinajstić information content (AvgIpc) is 2.80. The standard InChI is InChI=1S/C28H27F2NO4/c1-5-34-27(33)25(23-21(29)16-20(17-22(23)30)26(32)35-28(2,3)4)31-24(18-12-8-6-9-13-18)19-14-10-7-11-15-19/h6-17,25H,5H2,1-4H3. The highest BCUT2D eigenvalue weighted by atomic mass is 19.1. The van der Waals surface area contributed by atoms with E-state index in [4.69, 9.17) is 9.47 Å². The zero-order valence-corrected chi connectivity index (χ0v) is 20.0. The summed E-state index contributed by atoms with van der Waals surface area (Å²) in [5.41, 5.74) is -0.102. The summed E-state index contributed by atoms with van der Waals surface area (Å²) >= 11 is 0. The average molecular weight is 480 g/mol. The maximum absolute atomic E-state index is 15.3. The Hall–Kier alpha value is -3.87. The molecule has 0 saturated carbocycles. The Labute approximate surface area is 203 Å². The topological polar surface area (TPSA) is 65.0 Å². The van der Waals surface area contributed by atoms with Gasteiger partial charge in [-0.15, -0.1) is 0 Å². The van der Waals surface area contributed by atoms with Gasteiger partial charge in [0.1, 0.15) is 17.2 Å². The van der Waals surface area contributed by atoms with Crippen LogP contribution in [0.2, 0.25) is 0 Å². The van der Waals surface area contributed by atoms with Gasteiger partial charge in [-0.2, -0.15) is 0 Å². The van der Waals surface area contributed by atoms with Gasteiger partial charge in [-0.1, -0.05) is 60.7 Å². The molecule has 182 valence electrons. The van der Waals surface area contributed by atoms with Gasteiger partial charge in [0.25, 0.3) is 0 Å². The lowest BCUT2D eigenvalue weighted by atomic mass is 9.99. The van der Waals surface area contributed by atoms with Gasteiger partial charge in [0.15, 0.2) is 6.04 Å². The first kappa shape index (κ1) is 25.7. The van der Waals surface area contributed by atoms with E-state index in [1.807, 2.05) is 12.1 Å². The van der Waals surface area contributed by atoms with Gasteiger partial charge in [-0.25, -0.2) is 18.4 Å². The highest BCUT2D eigenvalue weighted by Gasteiger charge is 2.31. The van der Waals surface area contributed by atoms with Crippen molar-refractivity contribution in [1.29, 1.82) is 0 Å². The first-order valence-corrected chi connectivity index (χ1v) is 11.2. The van der Waals surface area contributed by atoms with E-state index in [0.29, 0.717) is 16.8 Å². The van der Waals surface area contributed by atoms with Gasteiger partial charge in [0, 0.05) is 11.1 Å². The molecular weight excluding hydrogens is 452 g/mol. The summed E-state index contributed by atoms with van der Waals surface area (Å²) in [6.45, 7) is 6.52. The van der Waals surface area contributed by atoms with Crippen molar-refractivity contribution >= 4 is 17.7 Å².